The highest BCUT2D eigenvalue weighted by atomic mass is 127. The fourth-order valence-electron chi connectivity index (χ4n) is 3.73. The number of carboxylic acid groups (broad SMARTS) is 1. The minimum Gasteiger partial charge on any atom is -0.479 e. The Bertz CT molecular complexity index is 1090. The van der Waals surface area contributed by atoms with E-state index >= 15 is 0 Å². The lowest BCUT2D eigenvalue weighted by molar-refractivity contribution is -0.274. The maximum Gasteiger partial charge on any atom is 0.573 e. The molecule has 1 aromatic carbocycles. The van der Waals surface area contributed by atoms with Crippen molar-refractivity contribution < 1.29 is 37.4 Å². The molecule has 2 unspecified atom stereocenters. The standard InChI is InChI=1S/C22H22F3IN2O5S/c1-3-15-11-16(17(29)13-5-7-14(8-6-13)33-22(23,24)25)19(34-15)27-18(30)12(2)28-10-4-9-21(28,26)20(31)32/h5-8,11-12H,3-4,9-10H2,1-2H3,(H,27,30)(H,31,32). The number of ether oxygens (including phenoxy) is 1. The Morgan fingerprint density at radius 2 is 1.94 bits per heavy atom. The molecule has 0 bridgehead atoms. The number of hydrogen-bond acceptors (Lipinski definition) is 6. The Labute approximate surface area is 211 Å². The van der Waals surface area contributed by atoms with E-state index in [1.54, 1.807) is 17.9 Å². The zero-order valence-electron chi connectivity index (χ0n) is 18.2. The molecule has 2 aromatic rings. The molecular weight excluding hydrogens is 588 g/mol. The number of carboxylic acids is 1. The molecule has 2 N–H and O–H groups in total. The number of alkyl halides is 4. The molecule has 0 spiro atoms. The third-order valence-corrected chi connectivity index (χ3v) is 8.32. The van der Waals surface area contributed by atoms with E-state index in [9.17, 15) is 32.7 Å². The van der Waals surface area contributed by atoms with Gasteiger partial charge in [0.1, 0.15) is 10.8 Å². The van der Waals surface area contributed by atoms with Crippen LogP contribution in [-0.2, 0) is 16.0 Å². The van der Waals surface area contributed by atoms with E-state index in [4.69, 9.17) is 0 Å². The minimum absolute atomic E-state index is 0.134. The molecule has 34 heavy (non-hydrogen) atoms. The fraction of sp³-hybridized carbons (Fsp3) is 0.409. The van der Waals surface area contributed by atoms with Crippen LogP contribution >= 0.6 is 33.9 Å². The van der Waals surface area contributed by atoms with Gasteiger partial charge in [-0.3, -0.25) is 14.5 Å². The SMILES string of the molecule is CCc1cc(C(=O)c2ccc(OC(F)(F)F)cc2)c(NC(=O)C(C)N2CCCC2(I)C(=O)O)s1. The van der Waals surface area contributed by atoms with Crippen LogP contribution in [0, 0.1) is 0 Å². The molecule has 1 fully saturated rings. The topological polar surface area (TPSA) is 95.9 Å². The number of thiophene rings is 1. The van der Waals surface area contributed by atoms with Crippen molar-refractivity contribution in [1.29, 1.82) is 0 Å². The molecule has 1 saturated heterocycles. The summed E-state index contributed by atoms with van der Waals surface area (Å²) in [5.74, 6) is -2.37. The van der Waals surface area contributed by atoms with Gasteiger partial charge < -0.3 is 15.2 Å². The van der Waals surface area contributed by atoms with Crippen molar-refractivity contribution in [3.63, 3.8) is 0 Å². The number of halogens is 4. The number of carbonyl (C=O) groups is 3. The maximum atomic E-state index is 13.1. The second-order valence-corrected chi connectivity index (χ2v) is 10.7. The quantitative estimate of drug-likeness (QED) is 0.188. The Hall–Kier alpha value is -2.19. The molecule has 0 saturated carbocycles. The average molecular weight is 610 g/mol. The van der Waals surface area contributed by atoms with Gasteiger partial charge in [-0.25, -0.2) is 4.79 Å². The molecule has 2 heterocycles. The molecule has 0 radical (unpaired) electrons. The van der Waals surface area contributed by atoms with Crippen LogP contribution in [0.15, 0.2) is 30.3 Å². The molecule has 12 heteroatoms. The van der Waals surface area contributed by atoms with Crippen LogP contribution in [0.25, 0.3) is 0 Å². The first-order valence-electron chi connectivity index (χ1n) is 10.4. The van der Waals surface area contributed by atoms with Crippen LogP contribution in [0.3, 0.4) is 0 Å². The van der Waals surface area contributed by atoms with Crippen molar-refractivity contribution in [3.8, 4) is 5.75 Å². The van der Waals surface area contributed by atoms with Crippen molar-refractivity contribution >= 4 is 56.6 Å². The number of aliphatic carboxylic acids is 1. The van der Waals surface area contributed by atoms with Crippen molar-refractivity contribution in [2.45, 2.75) is 49.1 Å². The zero-order chi connectivity index (χ0) is 25.3. The fourth-order valence-corrected chi connectivity index (χ4v) is 5.77. The first-order valence-corrected chi connectivity index (χ1v) is 12.3. The number of amides is 1. The van der Waals surface area contributed by atoms with Gasteiger partial charge in [0.25, 0.3) is 0 Å². The number of aryl methyl sites for hydroxylation is 1. The Morgan fingerprint density at radius 1 is 1.29 bits per heavy atom. The van der Waals surface area contributed by atoms with Crippen LogP contribution in [0.5, 0.6) is 5.75 Å². The number of benzene rings is 1. The number of nitrogens with one attached hydrogen (secondary N) is 1. The highest BCUT2D eigenvalue weighted by molar-refractivity contribution is 14.1. The highest BCUT2D eigenvalue weighted by Crippen LogP contribution is 2.38. The summed E-state index contributed by atoms with van der Waals surface area (Å²) < 4.78 is 39.8. The van der Waals surface area contributed by atoms with E-state index in [-0.39, 0.29) is 11.1 Å². The molecule has 184 valence electrons. The Kier molecular flexibility index (Phi) is 7.92. The molecule has 1 aliphatic rings. The first kappa shape index (κ1) is 26.4. The molecule has 7 nitrogen and oxygen atoms in total. The van der Waals surface area contributed by atoms with Gasteiger partial charge >= 0.3 is 12.3 Å². The smallest absolute Gasteiger partial charge is 0.479 e. The number of hydrogen-bond donors (Lipinski definition) is 2. The van der Waals surface area contributed by atoms with Crippen molar-refractivity contribution in [1.82, 2.24) is 4.90 Å². The average Bonchev–Trinajstić information content (AvgIpc) is 3.36. The monoisotopic (exact) mass is 610 g/mol. The zero-order valence-corrected chi connectivity index (χ0v) is 21.2. The molecule has 1 aliphatic heterocycles. The van der Waals surface area contributed by atoms with Gasteiger partial charge in [0.2, 0.25) is 5.91 Å². The van der Waals surface area contributed by atoms with Gasteiger partial charge in [-0.2, -0.15) is 0 Å². The van der Waals surface area contributed by atoms with Crippen LogP contribution < -0.4 is 10.1 Å². The third kappa shape index (κ3) is 5.71. The summed E-state index contributed by atoms with van der Waals surface area (Å²) in [5, 5.41) is 12.7. The summed E-state index contributed by atoms with van der Waals surface area (Å²) in [5.41, 5.74) is 0.350. The number of rotatable bonds is 8. The number of nitrogens with zero attached hydrogens (tertiary/aromatic N) is 1. The molecule has 1 aromatic heterocycles. The van der Waals surface area contributed by atoms with Gasteiger partial charge in [-0.1, -0.05) is 6.92 Å². The van der Waals surface area contributed by atoms with Gasteiger partial charge in [0, 0.05) is 17.0 Å². The largest absolute Gasteiger partial charge is 0.573 e. The molecule has 2 atom stereocenters. The summed E-state index contributed by atoms with van der Waals surface area (Å²) in [7, 11) is 0. The molecule has 1 amide bonds. The normalized spacial score (nSPS) is 19.6. The molecule has 0 aliphatic carbocycles. The van der Waals surface area contributed by atoms with Crippen molar-refractivity contribution in [2.24, 2.45) is 0 Å². The second kappa shape index (κ2) is 10.2. The van der Waals surface area contributed by atoms with E-state index in [0.29, 0.717) is 30.8 Å². The summed E-state index contributed by atoms with van der Waals surface area (Å²) >= 11 is 3.08. The Morgan fingerprint density at radius 3 is 2.50 bits per heavy atom. The maximum absolute atomic E-state index is 13.1. The second-order valence-electron chi connectivity index (χ2n) is 7.74. The predicted molar refractivity (Wildman–Crippen MR) is 129 cm³/mol. The van der Waals surface area contributed by atoms with E-state index < -0.39 is 39.4 Å². The third-order valence-electron chi connectivity index (χ3n) is 5.50. The van der Waals surface area contributed by atoms with Gasteiger partial charge in [0.15, 0.2) is 9.33 Å². The predicted octanol–water partition coefficient (Wildman–Crippen LogP) is 5.08. The van der Waals surface area contributed by atoms with E-state index in [1.807, 2.05) is 29.5 Å². The lowest BCUT2D eigenvalue weighted by atomic mass is 10.0. The summed E-state index contributed by atoms with van der Waals surface area (Å²) in [6.45, 7) is 3.96. The van der Waals surface area contributed by atoms with Crippen LogP contribution in [0.2, 0.25) is 0 Å². The van der Waals surface area contributed by atoms with Gasteiger partial charge in [0.05, 0.1) is 11.6 Å². The number of anilines is 1. The summed E-state index contributed by atoms with van der Waals surface area (Å²) in [6.07, 6.45) is -3.17. The van der Waals surface area contributed by atoms with Gasteiger partial charge in [-0.15, -0.1) is 24.5 Å². The number of likely N-dealkylation sites (tertiary alicyclic amines) is 1. The highest BCUT2D eigenvalue weighted by Gasteiger charge is 2.49. The summed E-state index contributed by atoms with van der Waals surface area (Å²) in [6, 6.07) is 5.43. The van der Waals surface area contributed by atoms with Crippen LogP contribution in [0.4, 0.5) is 18.2 Å². The first-order chi connectivity index (χ1) is 15.9. The van der Waals surface area contributed by atoms with Gasteiger partial charge in [-0.05, 0) is 79.1 Å². The van der Waals surface area contributed by atoms with Crippen LogP contribution in [0.1, 0.15) is 47.5 Å². The lowest BCUT2D eigenvalue weighted by Gasteiger charge is -2.33. The molecule has 3 rings (SSSR count). The minimum atomic E-state index is -4.84. The lowest BCUT2D eigenvalue weighted by Crippen LogP contribution is -2.53. The van der Waals surface area contributed by atoms with E-state index in [2.05, 4.69) is 10.1 Å². The van der Waals surface area contributed by atoms with Crippen molar-refractivity contribution in [2.75, 3.05) is 11.9 Å². The van der Waals surface area contributed by atoms with Crippen molar-refractivity contribution in [3.05, 3.63) is 46.3 Å². The number of ketones is 1. The van der Waals surface area contributed by atoms with E-state index in [1.165, 1.54) is 23.5 Å². The summed E-state index contributed by atoms with van der Waals surface area (Å²) in [4.78, 5) is 40.3. The molecular formula is C22H22F3IN2O5S. The van der Waals surface area contributed by atoms with Crippen LogP contribution in [-0.4, -0.2) is 50.2 Å². The van der Waals surface area contributed by atoms with E-state index in [0.717, 1.165) is 17.0 Å². The number of carbonyl (C=O) groups excluding carboxylic acids is 2. The Balaban J connectivity index is 1.82.